The minimum atomic E-state index is -4.10. The summed E-state index contributed by atoms with van der Waals surface area (Å²) in [7, 11) is -4.10. The Bertz CT molecular complexity index is 1290. The van der Waals surface area contributed by atoms with E-state index in [0.29, 0.717) is 54.9 Å². The molecule has 2 atom stereocenters. The third-order valence-electron chi connectivity index (χ3n) is 7.04. The number of carbonyl (C=O) groups excluding carboxylic acids is 1. The summed E-state index contributed by atoms with van der Waals surface area (Å²) >= 11 is 0. The minimum Gasteiger partial charge on any atom is -0.493 e. The number of amides is 1. The van der Waals surface area contributed by atoms with Gasteiger partial charge < -0.3 is 15.0 Å². The molecule has 0 saturated carbocycles. The number of pyridine rings is 1. The van der Waals surface area contributed by atoms with Gasteiger partial charge in [0, 0.05) is 36.3 Å². The summed E-state index contributed by atoms with van der Waals surface area (Å²) in [6, 6.07) is 7.31. The molecular weight excluding hydrogens is 521 g/mol. The van der Waals surface area contributed by atoms with Crippen molar-refractivity contribution in [3.05, 3.63) is 41.7 Å². The lowest BCUT2D eigenvalue weighted by molar-refractivity contribution is 0.0981. The molecule has 1 aromatic heterocycles. The van der Waals surface area contributed by atoms with E-state index in [1.54, 1.807) is 18.2 Å². The van der Waals surface area contributed by atoms with Crippen molar-refractivity contribution in [3.8, 4) is 17.0 Å². The van der Waals surface area contributed by atoms with Gasteiger partial charge in [0.05, 0.1) is 17.9 Å². The quantitative estimate of drug-likeness (QED) is 0.426. The molecule has 1 aromatic carbocycles. The average Bonchev–Trinajstić information content (AvgIpc) is 3.13. The molecule has 0 unspecified atom stereocenters. The molecule has 1 amide bonds. The van der Waals surface area contributed by atoms with E-state index in [0.717, 1.165) is 19.4 Å². The summed E-state index contributed by atoms with van der Waals surface area (Å²) in [6.07, 6.45) is 2.42. The van der Waals surface area contributed by atoms with Gasteiger partial charge in [-0.2, -0.15) is 13.1 Å². The summed E-state index contributed by atoms with van der Waals surface area (Å²) in [4.78, 5) is 20.2. The number of hydrogen-bond donors (Lipinski definition) is 3. The number of piperidine rings is 1. The molecule has 4 rings (SSSR count). The fourth-order valence-corrected chi connectivity index (χ4v) is 6.44. The second-order valence-electron chi connectivity index (χ2n) is 11.8. The molecule has 2 aliphatic heterocycles. The summed E-state index contributed by atoms with van der Waals surface area (Å²) in [6.45, 7) is 12.7. The van der Waals surface area contributed by atoms with Gasteiger partial charge in [-0.25, -0.2) is 14.1 Å². The van der Waals surface area contributed by atoms with Crippen molar-refractivity contribution >= 4 is 21.9 Å². The van der Waals surface area contributed by atoms with E-state index in [1.807, 2.05) is 18.7 Å². The van der Waals surface area contributed by atoms with E-state index in [9.17, 15) is 17.6 Å². The third kappa shape index (κ3) is 7.46. The van der Waals surface area contributed by atoms with Crippen molar-refractivity contribution in [1.82, 2.24) is 19.7 Å². The van der Waals surface area contributed by atoms with Crippen LogP contribution in [0.5, 0.6) is 5.75 Å². The molecule has 2 fully saturated rings. The van der Waals surface area contributed by atoms with Gasteiger partial charge in [-0.15, -0.1) is 0 Å². The molecule has 0 aliphatic carbocycles. The van der Waals surface area contributed by atoms with Gasteiger partial charge in [0.2, 0.25) is 0 Å². The second-order valence-corrected chi connectivity index (χ2v) is 13.2. The maximum absolute atomic E-state index is 14.5. The van der Waals surface area contributed by atoms with Crippen LogP contribution in [-0.4, -0.2) is 57.1 Å². The standard InChI is InChI=1S/C28H40FN5O4S/c1-18(2)17-38-23-12-20(11-21(29)13-23)25-9-8-24(26(31-25)34-16-19(3)14-28(34,4)5)27(35)33-39(36,37)32-22-7-6-10-30-15-22/h8-9,11-13,18-19,22,30,32H,6-7,10,14-17H2,1-5H3,(H,33,35)/t19-,22+/m0/s1. The van der Waals surface area contributed by atoms with Crippen LogP contribution in [0.1, 0.15) is 64.2 Å². The monoisotopic (exact) mass is 561 g/mol. The van der Waals surface area contributed by atoms with Crippen LogP contribution in [0, 0.1) is 17.7 Å². The van der Waals surface area contributed by atoms with Gasteiger partial charge >= 0.3 is 10.2 Å². The molecule has 3 heterocycles. The molecule has 2 aliphatic rings. The van der Waals surface area contributed by atoms with Crippen LogP contribution in [0.25, 0.3) is 11.3 Å². The maximum atomic E-state index is 14.5. The van der Waals surface area contributed by atoms with Crippen LogP contribution in [-0.2, 0) is 10.2 Å². The minimum absolute atomic E-state index is 0.140. The Morgan fingerprint density at radius 3 is 2.69 bits per heavy atom. The zero-order valence-electron chi connectivity index (χ0n) is 23.4. The third-order valence-corrected chi connectivity index (χ3v) is 8.14. The fraction of sp³-hybridized carbons (Fsp3) is 0.571. The number of halogens is 1. The summed E-state index contributed by atoms with van der Waals surface area (Å²) in [5.41, 5.74) is 0.783. The van der Waals surface area contributed by atoms with Crippen molar-refractivity contribution in [2.75, 3.05) is 31.1 Å². The number of anilines is 1. The highest BCUT2D eigenvalue weighted by atomic mass is 32.2. The van der Waals surface area contributed by atoms with Gasteiger partial charge in [-0.3, -0.25) is 4.79 Å². The molecule has 9 nitrogen and oxygen atoms in total. The maximum Gasteiger partial charge on any atom is 0.301 e. The van der Waals surface area contributed by atoms with Gasteiger partial charge in [0.25, 0.3) is 5.91 Å². The Kier molecular flexibility index (Phi) is 8.82. The summed E-state index contributed by atoms with van der Waals surface area (Å²) < 4.78 is 50.6. The van der Waals surface area contributed by atoms with E-state index in [-0.39, 0.29) is 23.1 Å². The molecule has 0 radical (unpaired) electrons. The van der Waals surface area contributed by atoms with Crippen LogP contribution < -0.4 is 24.4 Å². The molecule has 39 heavy (non-hydrogen) atoms. The first-order valence-corrected chi connectivity index (χ1v) is 15.1. The zero-order chi connectivity index (χ0) is 28.4. The number of ether oxygens (including phenoxy) is 1. The molecule has 0 bridgehead atoms. The summed E-state index contributed by atoms with van der Waals surface area (Å²) in [5.74, 6) is 0.155. The van der Waals surface area contributed by atoms with Crippen LogP contribution in [0.2, 0.25) is 0 Å². The molecule has 2 saturated heterocycles. The van der Waals surface area contributed by atoms with Crippen molar-refractivity contribution in [2.45, 2.75) is 65.5 Å². The van der Waals surface area contributed by atoms with Gasteiger partial charge in [-0.05, 0) is 75.8 Å². The molecular formula is C28H40FN5O4S. The Morgan fingerprint density at radius 2 is 2.05 bits per heavy atom. The highest BCUT2D eigenvalue weighted by Crippen LogP contribution is 2.38. The van der Waals surface area contributed by atoms with E-state index in [2.05, 4.69) is 35.5 Å². The van der Waals surface area contributed by atoms with E-state index >= 15 is 0 Å². The number of nitrogens with one attached hydrogen (secondary N) is 3. The predicted molar refractivity (Wildman–Crippen MR) is 151 cm³/mol. The summed E-state index contributed by atoms with van der Waals surface area (Å²) in [5, 5.41) is 3.15. The smallest absolute Gasteiger partial charge is 0.301 e. The SMILES string of the molecule is CC(C)COc1cc(F)cc(-c2ccc(C(=O)NS(=O)(=O)N[C@@H]3CCCNC3)c(N3C[C@@H](C)CC3(C)C)n2)c1. The number of nitrogens with zero attached hydrogens (tertiary/aromatic N) is 2. The fourth-order valence-electron chi connectivity index (χ4n) is 5.39. The van der Waals surface area contributed by atoms with Crippen molar-refractivity contribution in [3.63, 3.8) is 0 Å². The molecule has 214 valence electrons. The lowest BCUT2D eigenvalue weighted by Crippen LogP contribution is -2.50. The first kappa shape index (κ1) is 29.2. The number of rotatable bonds is 9. The Morgan fingerprint density at radius 1 is 1.28 bits per heavy atom. The number of benzene rings is 1. The number of aromatic nitrogens is 1. The molecule has 0 spiro atoms. The predicted octanol–water partition coefficient (Wildman–Crippen LogP) is 3.86. The van der Waals surface area contributed by atoms with Crippen molar-refractivity contribution in [1.29, 1.82) is 0 Å². The van der Waals surface area contributed by atoms with E-state index in [1.165, 1.54) is 12.1 Å². The number of hydrogen-bond acceptors (Lipinski definition) is 7. The Labute approximate surface area is 231 Å². The normalized spacial score (nSPS) is 21.3. The van der Waals surface area contributed by atoms with Crippen molar-refractivity contribution < 1.29 is 22.3 Å². The van der Waals surface area contributed by atoms with Crippen LogP contribution in [0.15, 0.2) is 30.3 Å². The first-order chi connectivity index (χ1) is 18.3. The second kappa shape index (κ2) is 11.8. The Balaban J connectivity index is 1.68. The largest absolute Gasteiger partial charge is 0.493 e. The van der Waals surface area contributed by atoms with Gasteiger partial charge in [-0.1, -0.05) is 20.8 Å². The topological polar surface area (TPSA) is 113 Å². The van der Waals surface area contributed by atoms with E-state index in [4.69, 9.17) is 9.72 Å². The van der Waals surface area contributed by atoms with Crippen molar-refractivity contribution in [2.24, 2.45) is 11.8 Å². The van der Waals surface area contributed by atoms with E-state index < -0.39 is 21.9 Å². The Hall–Kier alpha value is -2.76. The average molecular weight is 562 g/mol. The molecule has 2 aromatic rings. The number of carbonyl (C=O) groups is 1. The highest BCUT2D eigenvalue weighted by Gasteiger charge is 2.39. The lowest BCUT2D eigenvalue weighted by atomic mass is 9.97. The van der Waals surface area contributed by atoms with Crippen LogP contribution in [0.3, 0.4) is 0 Å². The van der Waals surface area contributed by atoms with Gasteiger partial charge in [0.1, 0.15) is 17.4 Å². The first-order valence-electron chi connectivity index (χ1n) is 13.6. The van der Waals surface area contributed by atoms with Crippen LogP contribution in [0.4, 0.5) is 10.2 Å². The highest BCUT2D eigenvalue weighted by molar-refractivity contribution is 7.88. The molecule has 11 heteroatoms. The molecule has 3 N–H and O–H groups in total. The lowest BCUT2D eigenvalue weighted by Gasteiger charge is -2.34. The zero-order valence-corrected chi connectivity index (χ0v) is 24.2. The van der Waals surface area contributed by atoms with Gasteiger partial charge in [0.15, 0.2) is 0 Å². The van der Waals surface area contributed by atoms with Crippen LogP contribution >= 0.6 is 0 Å².